The smallest absolute Gasteiger partial charge is 0.339 e. The van der Waals surface area contributed by atoms with Crippen LogP contribution in [-0.4, -0.2) is 49.5 Å². The Morgan fingerprint density at radius 3 is 2.93 bits per heavy atom. The summed E-state index contributed by atoms with van der Waals surface area (Å²) in [6.45, 7) is 1.01. The molecule has 7 heteroatoms. The summed E-state index contributed by atoms with van der Waals surface area (Å²) >= 11 is 1.48. The van der Waals surface area contributed by atoms with Gasteiger partial charge in [0.05, 0.1) is 28.3 Å². The molecule has 6 nitrogen and oxygen atoms in total. The molecule has 0 spiro atoms. The minimum atomic E-state index is -0.453. The number of esters is 1. The Balaban J connectivity index is 1.65. The molecule has 150 valence electrons. The van der Waals surface area contributed by atoms with Crippen molar-refractivity contribution in [2.24, 2.45) is 0 Å². The van der Waals surface area contributed by atoms with Gasteiger partial charge in [-0.15, -0.1) is 11.3 Å². The van der Waals surface area contributed by atoms with Gasteiger partial charge in [0.1, 0.15) is 11.6 Å². The Morgan fingerprint density at radius 1 is 1.36 bits per heavy atom. The summed E-state index contributed by atoms with van der Waals surface area (Å²) in [7, 11) is 3.88. The van der Waals surface area contributed by atoms with Gasteiger partial charge in [0, 0.05) is 32.0 Å². The molecule has 0 radical (unpaired) electrons. The van der Waals surface area contributed by atoms with Crippen LogP contribution in [0.2, 0.25) is 0 Å². The molecule has 0 amide bonds. The molecular weight excluding hydrogens is 376 g/mol. The van der Waals surface area contributed by atoms with E-state index in [9.17, 15) is 9.90 Å². The number of nitrogens with zero attached hydrogens (tertiary/aromatic N) is 2. The third kappa shape index (κ3) is 3.92. The predicted octanol–water partition coefficient (Wildman–Crippen LogP) is 3.58. The maximum absolute atomic E-state index is 12.9. The van der Waals surface area contributed by atoms with E-state index in [1.54, 1.807) is 0 Å². The monoisotopic (exact) mass is 402 g/mol. The summed E-state index contributed by atoms with van der Waals surface area (Å²) in [5.41, 5.74) is 3.14. The van der Waals surface area contributed by atoms with Crippen molar-refractivity contribution < 1.29 is 19.4 Å². The van der Waals surface area contributed by atoms with Crippen LogP contribution in [0.4, 0.5) is 5.69 Å². The van der Waals surface area contributed by atoms with Gasteiger partial charge >= 0.3 is 5.97 Å². The molecule has 2 heterocycles. The van der Waals surface area contributed by atoms with Gasteiger partial charge in [-0.1, -0.05) is 0 Å². The first-order valence-corrected chi connectivity index (χ1v) is 10.6. The molecule has 2 aromatic rings. The van der Waals surface area contributed by atoms with E-state index in [0.717, 1.165) is 65.5 Å². The first kappa shape index (κ1) is 19.4. The number of rotatable bonds is 5. The average Bonchev–Trinajstić information content (AvgIpc) is 3.36. The second-order valence-electron chi connectivity index (χ2n) is 7.60. The number of aryl methyl sites for hydroxylation is 1. The van der Waals surface area contributed by atoms with Crippen molar-refractivity contribution in [1.82, 2.24) is 4.98 Å². The zero-order valence-corrected chi connectivity index (χ0v) is 17.1. The number of fused-ring (bicyclic) bond motifs is 1. The number of carbonyl (C=O) groups excluding carboxylic acids is 1. The van der Waals surface area contributed by atoms with E-state index in [0.29, 0.717) is 5.56 Å². The summed E-state index contributed by atoms with van der Waals surface area (Å²) in [6.07, 6.45) is 4.05. The molecule has 1 aromatic heterocycles. The lowest BCUT2D eigenvalue weighted by molar-refractivity contribution is 0.0162. The van der Waals surface area contributed by atoms with E-state index >= 15 is 0 Å². The predicted molar refractivity (Wildman–Crippen MR) is 109 cm³/mol. The van der Waals surface area contributed by atoms with Crippen molar-refractivity contribution in [3.8, 4) is 10.6 Å². The van der Waals surface area contributed by atoms with Crippen molar-refractivity contribution >= 4 is 23.0 Å². The Hall–Kier alpha value is -1.96. The standard InChI is InChI=1S/C21H26N2O4S/c1-23(2)13-8-9-15(20-22-17-6-3-7-18(24)19(17)28-20)16(11-13)21(25)27-12-14-5-4-10-26-14/h8-9,11,14,18,24H,3-7,10,12H2,1-2H3. The molecule has 0 bridgehead atoms. The van der Waals surface area contributed by atoms with E-state index < -0.39 is 6.10 Å². The van der Waals surface area contributed by atoms with Gasteiger partial charge in [-0.05, 0) is 50.3 Å². The van der Waals surface area contributed by atoms with Crippen LogP contribution < -0.4 is 4.90 Å². The molecule has 28 heavy (non-hydrogen) atoms. The Kier molecular flexibility index (Phi) is 5.66. The van der Waals surface area contributed by atoms with Gasteiger partial charge in [-0.25, -0.2) is 9.78 Å². The number of aliphatic hydroxyl groups excluding tert-OH is 1. The highest BCUT2D eigenvalue weighted by Gasteiger charge is 2.26. The second-order valence-corrected chi connectivity index (χ2v) is 8.63. The maximum atomic E-state index is 12.9. The topological polar surface area (TPSA) is 71.9 Å². The molecule has 0 saturated carbocycles. The minimum Gasteiger partial charge on any atom is -0.459 e. The number of hydrogen-bond donors (Lipinski definition) is 1. The third-order valence-corrected chi connectivity index (χ3v) is 6.55. The largest absolute Gasteiger partial charge is 0.459 e. The lowest BCUT2D eigenvalue weighted by Gasteiger charge is -2.16. The minimum absolute atomic E-state index is 0.00763. The fourth-order valence-electron chi connectivity index (χ4n) is 3.70. The van der Waals surface area contributed by atoms with Crippen LogP contribution in [0, 0.1) is 0 Å². The molecular formula is C21H26N2O4S. The SMILES string of the molecule is CN(C)c1ccc(-c2nc3c(s2)C(O)CCC3)c(C(=O)OCC2CCCO2)c1. The Labute approximate surface area is 169 Å². The summed E-state index contributed by atoms with van der Waals surface area (Å²) in [6, 6.07) is 5.75. The fourth-order valence-corrected chi connectivity index (χ4v) is 4.87. The van der Waals surface area contributed by atoms with Crippen LogP contribution in [0.5, 0.6) is 0 Å². The first-order chi connectivity index (χ1) is 13.5. The Bertz CT molecular complexity index is 858. The molecule has 2 aliphatic rings. The molecule has 1 aromatic carbocycles. The number of hydrogen-bond acceptors (Lipinski definition) is 7. The van der Waals surface area contributed by atoms with E-state index in [4.69, 9.17) is 14.5 Å². The summed E-state index contributed by atoms with van der Waals surface area (Å²) in [5.74, 6) is -0.358. The van der Waals surface area contributed by atoms with Crippen molar-refractivity contribution in [1.29, 1.82) is 0 Å². The van der Waals surface area contributed by atoms with E-state index in [2.05, 4.69) is 0 Å². The van der Waals surface area contributed by atoms with E-state index in [1.165, 1.54) is 11.3 Å². The molecule has 1 aliphatic carbocycles. The van der Waals surface area contributed by atoms with Crippen LogP contribution in [-0.2, 0) is 15.9 Å². The van der Waals surface area contributed by atoms with Gasteiger partial charge in [-0.3, -0.25) is 0 Å². The summed E-state index contributed by atoms with van der Waals surface area (Å²) < 4.78 is 11.1. The number of ether oxygens (including phenoxy) is 2. The van der Waals surface area contributed by atoms with Crippen LogP contribution in [0.3, 0.4) is 0 Å². The zero-order chi connectivity index (χ0) is 19.7. The fraction of sp³-hybridized carbons (Fsp3) is 0.524. The van der Waals surface area contributed by atoms with Crippen molar-refractivity contribution in [3.63, 3.8) is 0 Å². The number of thiazole rings is 1. The number of benzene rings is 1. The molecule has 2 atom stereocenters. The van der Waals surface area contributed by atoms with E-state index in [1.807, 2.05) is 37.2 Å². The van der Waals surface area contributed by atoms with E-state index in [-0.39, 0.29) is 18.7 Å². The summed E-state index contributed by atoms with van der Waals surface area (Å²) in [4.78, 5) is 20.5. The van der Waals surface area contributed by atoms with Crippen LogP contribution in [0.25, 0.3) is 10.6 Å². The number of aromatic nitrogens is 1. The highest BCUT2D eigenvalue weighted by Crippen LogP contribution is 2.39. The maximum Gasteiger partial charge on any atom is 0.339 e. The van der Waals surface area contributed by atoms with Gasteiger partial charge in [0.2, 0.25) is 0 Å². The lowest BCUT2D eigenvalue weighted by atomic mass is 10.0. The average molecular weight is 403 g/mol. The molecule has 1 saturated heterocycles. The van der Waals surface area contributed by atoms with Gasteiger partial charge < -0.3 is 19.5 Å². The first-order valence-electron chi connectivity index (χ1n) is 9.81. The highest BCUT2D eigenvalue weighted by atomic mass is 32.1. The number of carbonyl (C=O) groups is 1. The third-order valence-electron chi connectivity index (χ3n) is 5.32. The van der Waals surface area contributed by atoms with Crippen molar-refractivity contribution in [2.45, 2.75) is 44.3 Å². The highest BCUT2D eigenvalue weighted by molar-refractivity contribution is 7.15. The molecule has 1 fully saturated rings. The van der Waals surface area contributed by atoms with Crippen LogP contribution in [0.15, 0.2) is 18.2 Å². The molecule has 2 unspecified atom stereocenters. The zero-order valence-electron chi connectivity index (χ0n) is 16.3. The summed E-state index contributed by atoms with van der Waals surface area (Å²) in [5, 5.41) is 11.0. The van der Waals surface area contributed by atoms with Gasteiger partial charge in [0.15, 0.2) is 0 Å². The number of aliphatic hydroxyl groups is 1. The lowest BCUT2D eigenvalue weighted by Crippen LogP contribution is -2.19. The van der Waals surface area contributed by atoms with Crippen molar-refractivity contribution in [2.75, 3.05) is 32.2 Å². The van der Waals surface area contributed by atoms with Gasteiger partial charge in [-0.2, -0.15) is 0 Å². The van der Waals surface area contributed by atoms with Crippen LogP contribution >= 0.6 is 11.3 Å². The molecule has 1 N–H and O–H groups in total. The Morgan fingerprint density at radius 2 is 2.21 bits per heavy atom. The van der Waals surface area contributed by atoms with Crippen molar-refractivity contribution in [3.05, 3.63) is 34.3 Å². The molecule has 4 rings (SSSR count). The second kappa shape index (κ2) is 8.19. The molecule has 1 aliphatic heterocycles. The normalized spacial score (nSPS) is 21.4. The van der Waals surface area contributed by atoms with Crippen LogP contribution in [0.1, 0.15) is 52.7 Å². The number of anilines is 1. The van der Waals surface area contributed by atoms with Gasteiger partial charge in [0.25, 0.3) is 0 Å². The quantitative estimate of drug-likeness (QED) is 0.771.